The minimum Gasteiger partial charge on any atom is -0.363 e. The Bertz CT molecular complexity index is 1120. The lowest BCUT2D eigenvalue weighted by Gasteiger charge is -2.28. The molecule has 0 bridgehead atoms. The third kappa shape index (κ3) is 15.9. The first-order valence-corrected chi connectivity index (χ1v) is 19.5. The molecular weight excluding hydrogens is 601 g/mol. The van der Waals surface area contributed by atoms with Crippen LogP contribution in [-0.4, -0.2) is 0 Å². The van der Waals surface area contributed by atoms with Crippen molar-refractivity contribution in [2.45, 2.75) is 152 Å². The number of hydrogen-bond donors (Lipinski definition) is 1. The topological polar surface area (TPSA) is 12.0 Å². The van der Waals surface area contributed by atoms with E-state index in [0.29, 0.717) is 11.8 Å². The second-order valence-corrected chi connectivity index (χ2v) is 14.4. The van der Waals surface area contributed by atoms with E-state index in [0.717, 1.165) is 59.9 Å². The molecule has 0 aliphatic heterocycles. The van der Waals surface area contributed by atoms with Crippen LogP contribution in [0.3, 0.4) is 0 Å². The zero-order valence-corrected chi connectivity index (χ0v) is 32.8. The van der Waals surface area contributed by atoms with Gasteiger partial charge in [0.05, 0.1) is 0 Å². The highest BCUT2D eigenvalue weighted by Crippen LogP contribution is 2.37. The van der Waals surface area contributed by atoms with Gasteiger partial charge in [-0.2, -0.15) is 0 Å². The molecule has 0 spiro atoms. The predicted octanol–water partition coefficient (Wildman–Crippen LogP) is 15.1. The van der Waals surface area contributed by atoms with Gasteiger partial charge in [0.2, 0.25) is 0 Å². The van der Waals surface area contributed by atoms with Crippen molar-refractivity contribution in [1.82, 2.24) is 5.32 Å². The number of unbranched alkanes of at least 4 members (excludes halogenated alkanes) is 2. The lowest BCUT2D eigenvalue weighted by Crippen LogP contribution is -2.16. The highest BCUT2D eigenvalue weighted by molar-refractivity contribution is 6.31. The molecule has 2 aliphatic rings. The molecule has 0 saturated heterocycles. The Labute approximate surface area is 296 Å². The predicted molar refractivity (Wildman–Crippen MR) is 210 cm³/mol. The Hall–Kier alpha value is -1.70. The number of nitrogens with one attached hydrogen (secondary N) is 1. The summed E-state index contributed by atoms with van der Waals surface area (Å²) in [6.45, 7) is 22.4. The smallest absolute Gasteiger partial charge is 0.0386 e. The van der Waals surface area contributed by atoms with Crippen molar-refractivity contribution < 1.29 is 0 Å². The molecule has 0 radical (unpaired) electrons. The second-order valence-electron chi connectivity index (χ2n) is 13.5. The average Bonchev–Trinajstić information content (AvgIpc) is 3.05. The molecule has 260 valence electrons. The molecule has 0 fully saturated rings. The van der Waals surface area contributed by atoms with Crippen molar-refractivity contribution in [3.63, 3.8) is 0 Å². The van der Waals surface area contributed by atoms with E-state index in [-0.39, 0.29) is 0 Å². The van der Waals surface area contributed by atoms with Crippen LogP contribution in [0.2, 0.25) is 0 Å². The zero-order valence-electron chi connectivity index (χ0n) is 31.3. The molecule has 1 N–H and O–H groups in total. The van der Waals surface area contributed by atoms with Crippen LogP contribution in [0, 0.1) is 23.7 Å². The van der Waals surface area contributed by atoms with Crippen molar-refractivity contribution in [2.75, 3.05) is 0 Å². The van der Waals surface area contributed by atoms with Gasteiger partial charge in [-0.3, -0.25) is 0 Å². The number of halogens is 2. The van der Waals surface area contributed by atoms with E-state index in [2.05, 4.69) is 109 Å². The molecular formula is C43H69Cl2N. The lowest BCUT2D eigenvalue weighted by molar-refractivity contribution is 0.296. The van der Waals surface area contributed by atoms with Crippen LogP contribution in [0.15, 0.2) is 76.1 Å². The molecule has 0 aromatic heterocycles. The summed E-state index contributed by atoms with van der Waals surface area (Å²) in [7, 11) is 0. The van der Waals surface area contributed by atoms with E-state index in [1.54, 1.807) is 0 Å². The van der Waals surface area contributed by atoms with Gasteiger partial charge in [0.15, 0.2) is 0 Å². The van der Waals surface area contributed by atoms with Crippen LogP contribution in [-0.2, 0) is 0 Å². The van der Waals surface area contributed by atoms with Crippen LogP contribution >= 0.6 is 23.2 Å². The van der Waals surface area contributed by atoms with Gasteiger partial charge in [-0.15, -0.1) is 0 Å². The van der Waals surface area contributed by atoms with Gasteiger partial charge in [-0.1, -0.05) is 160 Å². The van der Waals surface area contributed by atoms with Gasteiger partial charge >= 0.3 is 0 Å². The summed E-state index contributed by atoms with van der Waals surface area (Å²) in [6, 6.07) is 9.34. The van der Waals surface area contributed by atoms with E-state index in [4.69, 9.17) is 23.2 Å². The fourth-order valence-electron chi connectivity index (χ4n) is 6.37. The highest BCUT2D eigenvalue weighted by Gasteiger charge is 2.22. The second kappa shape index (κ2) is 24.4. The molecule has 0 heterocycles. The van der Waals surface area contributed by atoms with E-state index in [1.807, 2.05) is 19.9 Å². The van der Waals surface area contributed by atoms with Crippen LogP contribution < -0.4 is 5.32 Å². The first-order valence-electron chi connectivity index (χ1n) is 18.8. The lowest BCUT2D eigenvalue weighted by atomic mass is 9.77. The summed E-state index contributed by atoms with van der Waals surface area (Å²) in [5.41, 5.74) is 6.58. The van der Waals surface area contributed by atoms with Crippen molar-refractivity contribution >= 4 is 28.8 Å². The van der Waals surface area contributed by atoms with E-state index >= 15 is 0 Å². The largest absolute Gasteiger partial charge is 0.363 e. The number of rotatable bonds is 16. The minimum atomic E-state index is 0.582. The van der Waals surface area contributed by atoms with Gasteiger partial charge in [0.1, 0.15) is 0 Å². The normalized spacial score (nSPS) is 18.5. The van der Waals surface area contributed by atoms with Crippen molar-refractivity contribution in [3.8, 4) is 0 Å². The van der Waals surface area contributed by atoms with Gasteiger partial charge in [0.25, 0.3) is 0 Å². The summed E-state index contributed by atoms with van der Waals surface area (Å²) in [5, 5.41) is 5.31. The molecule has 4 unspecified atom stereocenters. The van der Waals surface area contributed by atoms with E-state index in [9.17, 15) is 0 Å². The molecule has 1 nitrogen and oxygen atoms in total. The van der Waals surface area contributed by atoms with E-state index in [1.165, 1.54) is 73.0 Å². The van der Waals surface area contributed by atoms with Crippen molar-refractivity contribution in [1.29, 1.82) is 0 Å². The first kappa shape index (κ1) is 42.3. The number of allylic oxidation sites excluding steroid dienone is 10. The fraction of sp³-hybridized carbons (Fsp3) is 0.628. The van der Waals surface area contributed by atoms with Crippen LogP contribution in [0.1, 0.15) is 163 Å². The zero-order chi connectivity index (χ0) is 34.5. The fourth-order valence-corrected chi connectivity index (χ4v) is 6.91. The van der Waals surface area contributed by atoms with Crippen molar-refractivity contribution in [2.24, 2.45) is 23.7 Å². The molecule has 1 aromatic carbocycles. The van der Waals surface area contributed by atoms with Crippen LogP contribution in [0.25, 0.3) is 5.57 Å². The maximum absolute atomic E-state index is 6.24. The Balaban J connectivity index is 0.000000479. The molecule has 0 saturated carbocycles. The quantitative estimate of drug-likeness (QED) is 0.173. The van der Waals surface area contributed by atoms with Crippen molar-refractivity contribution in [3.05, 3.63) is 87.2 Å². The van der Waals surface area contributed by atoms with Gasteiger partial charge in [-0.25, -0.2) is 0 Å². The molecule has 46 heavy (non-hydrogen) atoms. The minimum absolute atomic E-state index is 0.582. The standard InChI is InChI=1S/C26H39Cl.C15H24ClN.C2H6/c1-6-9-22(13-12-20(5)19(3)4)26(7-2)23-16-14-21(15-17-23)24-10-8-11-25(27)18-24;1-4-6-7-8-12(3)17-15-10-13(5-2)9-14(16)11-15;1-2/h10,14-20,22,26H,6-9,11-13H2,1-5H3;8-9,11,13,17H,4-7,10H2,1-3H3;1-2H3/b;12-8+;. The molecule has 3 rings (SSSR count). The Morgan fingerprint density at radius 3 is 2.20 bits per heavy atom. The SMILES string of the molecule is CC.CCCC(CCC(C)C(C)C)C(CC)c1ccc(C2=CCCC(Cl)=C2)cc1.CCCC/C=C(\C)NC1=CC(Cl)=CC(CC)C1. The van der Waals surface area contributed by atoms with E-state index < -0.39 is 0 Å². The molecule has 3 heteroatoms. The van der Waals surface area contributed by atoms with Crippen LogP contribution in [0.4, 0.5) is 0 Å². The number of benzene rings is 1. The first-order chi connectivity index (χ1) is 22.1. The Morgan fingerprint density at radius 1 is 0.935 bits per heavy atom. The third-order valence-corrected chi connectivity index (χ3v) is 10.1. The average molecular weight is 671 g/mol. The maximum atomic E-state index is 6.24. The Morgan fingerprint density at radius 2 is 1.63 bits per heavy atom. The van der Waals surface area contributed by atoms with Crippen LogP contribution in [0.5, 0.6) is 0 Å². The third-order valence-electron chi connectivity index (χ3n) is 9.61. The van der Waals surface area contributed by atoms with Gasteiger partial charge < -0.3 is 5.32 Å². The number of hydrogen-bond acceptors (Lipinski definition) is 1. The summed E-state index contributed by atoms with van der Waals surface area (Å²) >= 11 is 12.4. The maximum Gasteiger partial charge on any atom is 0.0386 e. The Kier molecular flexibility index (Phi) is 22.5. The molecule has 1 aromatic rings. The summed E-state index contributed by atoms with van der Waals surface area (Å²) in [5.74, 6) is 3.67. The monoisotopic (exact) mass is 669 g/mol. The molecule has 4 atom stereocenters. The van der Waals surface area contributed by atoms with Gasteiger partial charge in [0, 0.05) is 21.5 Å². The highest BCUT2D eigenvalue weighted by atomic mass is 35.5. The molecule has 0 amide bonds. The summed E-state index contributed by atoms with van der Waals surface area (Å²) < 4.78 is 0. The summed E-state index contributed by atoms with van der Waals surface area (Å²) in [4.78, 5) is 0. The van der Waals surface area contributed by atoms with Gasteiger partial charge in [-0.05, 0) is 110 Å². The summed E-state index contributed by atoms with van der Waals surface area (Å²) in [6.07, 6.45) is 25.4. The molecule has 2 aliphatic carbocycles.